The van der Waals surface area contributed by atoms with Crippen LogP contribution in [0.5, 0.6) is 5.75 Å². The molecule has 0 radical (unpaired) electrons. The van der Waals surface area contributed by atoms with Gasteiger partial charge in [-0.15, -0.1) is 0 Å². The number of esters is 1. The Kier molecular flexibility index (Phi) is 3.48. The molecule has 14 heavy (non-hydrogen) atoms. The minimum Gasteiger partial charge on any atom is -0.425 e. The number of benzene rings is 1. The molecule has 76 valence electrons. The van der Waals surface area contributed by atoms with Crippen molar-refractivity contribution in [3.05, 3.63) is 24.3 Å². The monoisotopic (exact) mass is 194 g/mol. The average molecular weight is 194 g/mol. The highest BCUT2D eigenvalue weighted by molar-refractivity contribution is 5.77. The molecule has 0 aromatic heterocycles. The quantitative estimate of drug-likeness (QED) is 0.556. The largest absolute Gasteiger partial charge is 0.425 e. The highest BCUT2D eigenvalue weighted by atomic mass is 16.5. The Morgan fingerprint density at radius 3 is 2.86 bits per heavy atom. The summed E-state index contributed by atoms with van der Waals surface area (Å²) in [5.74, 6) is 0.0670. The van der Waals surface area contributed by atoms with Crippen LogP contribution in [0.3, 0.4) is 0 Å². The Morgan fingerprint density at radius 2 is 2.29 bits per heavy atom. The first-order chi connectivity index (χ1) is 6.63. The van der Waals surface area contributed by atoms with Crippen molar-refractivity contribution in [1.29, 1.82) is 0 Å². The fraction of sp³-hybridized carbons (Fsp3) is 0.300. The number of carbonyl (C=O) groups is 1. The van der Waals surface area contributed by atoms with Crippen LogP contribution in [0, 0.1) is 0 Å². The van der Waals surface area contributed by atoms with E-state index in [9.17, 15) is 4.79 Å². The van der Waals surface area contributed by atoms with Gasteiger partial charge in [0, 0.05) is 18.8 Å². The Labute approximate surface area is 83.1 Å². The van der Waals surface area contributed by atoms with E-state index in [4.69, 9.17) is 10.5 Å². The zero-order valence-corrected chi connectivity index (χ0v) is 8.28. The van der Waals surface area contributed by atoms with Gasteiger partial charge < -0.3 is 15.8 Å². The standard InChI is InChI=1S/C10H14N2O2/c1-7(11)10(13)14-9-5-3-4-8(6-9)12-2/h3-7,12H,11H2,1-2H3/t7-/m0/s1. The van der Waals surface area contributed by atoms with Crippen molar-refractivity contribution >= 4 is 11.7 Å². The van der Waals surface area contributed by atoms with Crippen molar-refractivity contribution < 1.29 is 9.53 Å². The zero-order valence-electron chi connectivity index (χ0n) is 8.28. The van der Waals surface area contributed by atoms with Gasteiger partial charge in [0.2, 0.25) is 0 Å². The second-order valence-corrected chi connectivity index (χ2v) is 2.99. The van der Waals surface area contributed by atoms with Gasteiger partial charge in [-0.3, -0.25) is 0 Å². The van der Waals surface area contributed by atoms with Crippen LogP contribution in [0.25, 0.3) is 0 Å². The molecule has 0 aliphatic heterocycles. The van der Waals surface area contributed by atoms with Crippen molar-refractivity contribution in [2.75, 3.05) is 12.4 Å². The Hall–Kier alpha value is -1.55. The minimum absolute atomic E-state index is 0.432. The van der Waals surface area contributed by atoms with Gasteiger partial charge in [-0.1, -0.05) is 6.07 Å². The first-order valence-corrected chi connectivity index (χ1v) is 4.38. The Balaban J connectivity index is 2.72. The van der Waals surface area contributed by atoms with Crippen LogP contribution in [-0.2, 0) is 4.79 Å². The smallest absolute Gasteiger partial charge is 0.328 e. The minimum atomic E-state index is -0.603. The first kappa shape index (κ1) is 10.5. The highest BCUT2D eigenvalue weighted by Gasteiger charge is 2.09. The molecule has 0 saturated carbocycles. The maximum atomic E-state index is 11.1. The average Bonchev–Trinajstić information content (AvgIpc) is 2.18. The third-order valence-electron chi connectivity index (χ3n) is 1.71. The lowest BCUT2D eigenvalue weighted by molar-refractivity contribution is -0.135. The van der Waals surface area contributed by atoms with Crippen LogP contribution < -0.4 is 15.8 Å². The van der Waals surface area contributed by atoms with Crippen LogP contribution in [0.15, 0.2) is 24.3 Å². The summed E-state index contributed by atoms with van der Waals surface area (Å²) >= 11 is 0. The number of carbonyl (C=O) groups excluding carboxylic acids is 1. The van der Waals surface area contributed by atoms with Crippen molar-refractivity contribution in [3.8, 4) is 5.75 Å². The van der Waals surface area contributed by atoms with Gasteiger partial charge in [-0.25, -0.2) is 4.79 Å². The summed E-state index contributed by atoms with van der Waals surface area (Å²) in [7, 11) is 1.80. The van der Waals surface area contributed by atoms with E-state index in [0.29, 0.717) is 5.75 Å². The molecule has 0 saturated heterocycles. The van der Waals surface area contributed by atoms with Crippen molar-refractivity contribution in [3.63, 3.8) is 0 Å². The predicted octanol–water partition coefficient (Wildman–Crippen LogP) is 0.981. The first-order valence-electron chi connectivity index (χ1n) is 4.38. The SMILES string of the molecule is CNc1cccc(OC(=O)[C@H](C)N)c1. The highest BCUT2D eigenvalue weighted by Crippen LogP contribution is 2.16. The normalized spacial score (nSPS) is 11.9. The number of ether oxygens (including phenoxy) is 1. The van der Waals surface area contributed by atoms with Gasteiger partial charge >= 0.3 is 5.97 Å². The second kappa shape index (κ2) is 4.62. The van der Waals surface area contributed by atoms with Gasteiger partial charge in [0.1, 0.15) is 11.8 Å². The fourth-order valence-electron chi connectivity index (χ4n) is 0.924. The lowest BCUT2D eigenvalue weighted by Crippen LogP contribution is -2.30. The van der Waals surface area contributed by atoms with Gasteiger partial charge in [0.25, 0.3) is 0 Å². The van der Waals surface area contributed by atoms with Crippen LogP contribution >= 0.6 is 0 Å². The lowest BCUT2D eigenvalue weighted by atomic mass is 10.3. The summed E-state index contributed by atoms with van der Waals surface area (Å²) < 4.78 is 5.01. The summed E-state index contributed by atoms with van der Waals surface area (Å²) in [5, 5.41) is 2.95. The zero-order chi connectivity index (χ0) is 10.6. The number of hydrogen-bond acceptors (Lipinski definition) is 4. The van der Waals surface area contributed by atoms with E-state index in [1.807, 2.05) is 6.07 Å². The van der Waals surface area contributed by atoms with Crippen molar-refractivity contribution in [1.82, 2.24) is 0 Å². The number of rotatable bonds is 3. The molecule has 1 aromatic carbocycles. The van der Waals surface area contributed by atoms with Crippen LogP contribution in [0.1, 0.15) is 6.92 Å². The molecule has 0 heterocycles. The maximum absolute atomic E-state index is 11.1. The summed E-state index contributed by atoms with van der Waals surface area (Å²) in [4.78, 5) is 11.1. The van der Waals surface area contributed by atoms with E-state index in [1.54, 1.807) is 32.2 Å². The topological polar surface area (TPSA) is 64.3 Å². The molecule has 0 amide bonds. The molecule has 0 spiro atoms. The van der Waals surface area contributed by atoms with E-state index in [2.05, 4.69) is 5.32 Å². The Bertz CT molecular complexity index is 324. The molecule has 3 N–H and O–H groups in total. The molecule has 0 aliphatic rings. The van der Waals surface area contributed by atoms with Crippen LogP contribution in [0.2, 0.25) is 0 Å². The van der Waals surface area contributed by atoms with E-state index < -0.39 is 12.0 Å². The maximum Gasteiger partial charge on any atom is 0.328 e. The fourth-order valence-corrected chi connectivity index (χ4v) is 0.924. The third kappa shape index (κ3) is 2.74. The molecule has 0 unspecified atom stereocenters. The van der Waals surface area contributed by atoms with E-state index in [1.165, 1.54) is 0 Å². The third-order valence-corrected chi connectivity index (χ3v) is 1.71. The Morgan fingerprint density at radius 1 is 1.57 bits per heavy atom. The number of nitrogens with one attached hydrogen (secondary N) is 1. The molecule has 0 aliphatic carbocycles. The molecule has 0 bridgehead atoms. The van der Waals surface area contributed by atoms with Gasteiger partial charge in [0.15, 0.2) is 0 Å². The lowest BCUT2D eigenvalue weighted by Gasteiger charge is -2.07. The van der Waals surface area contributed by atoms with Crippen molar-refractivity contribution in [2.24, 2.45) is 5.73 Å². The molecule has 1 rings (SSSR count). The molecule has 4 nitrogen and oxygen atoms in total. The summed E-state index contributed by atoms with van der Waals surface area (Å²) in [6.07, 6.45) is 0. The van der Waals surface area contributed by atoms with E-state index in [-0.39, 0.29) is 0 Å². The summed E-state index contributed by atoms with van der Waals surface area (Å²) in [5.41, 5.74) is 6.25. The van der Waals surface area contributed by atoms with Crippen LogP contribution in [0.4, 0.5) is 5.69 Å². The van der Waals surface area contributed by atoms with E-state index >= 15 is 0 Å². The second-order valence-electron chi connectivity index (χ2n) is 2.99. The predicted molar refractivity (Wildman–Crippen MR) is 55.3 cm³/mol. The summed E-state index contributed by atoms with van der Waals surface area (Å²) in [6.45, 7) is 1.59. The van der Waals surface area contributed by atoms with E-state index in [0.717, 1.165) is 5.69 Å². The molecular formula is C10H14N2O2. The summed E-state index contributed by atoms with van der Waals surface area (Å²) in [6, 6.07) is 6.52. The molecule has 4 heteroatoms. The van der Waals surface area contributed by atoms with Gasteiger partial charge in [-0.05, 0) is 19.1 Å². The molecule has 1 atom stereocenters. The number of hydrogen-bond donors (Lipinski definition) is 2. The van der Waals surface area contributed by atoms with Gasteiger partial charge in [-0.2, -0.15) is 0 Å². The van der Waals surface area contributed by atoms with Gasteiger partial charge in [0.05, 0.1) is 0 Å². The number of nitrogens with two attached hydrogens (primary N) is 1. The number of anilines is 1. The van der Waals surface area contributed by atoms with Crippen molar-refractivity contribution in [2.45, 2.75) is 13.0 Å². The molecule has 1 aromatic rings. The molecule has 0 fully saturated rings. The molecular weight excluding hydrogens is 180 g/mol. The van der Waals surface area contributed by atoms with Crippen LogP contribution in [-0.4, -0.2) is 19.1 Å².